The standard InChI is InChI=1S/C15H19BrN2O2/c1-10(19)13-4-2-11(8-14(13)16)17-6-7-18-12(9-17)3-5-15(18)20/h2,4,8,10,12,19H,3,5-7,9H2,1H3/t10-,12?/m0/s1. The number of amides is 1. The maximum atomic E-state index is 11.7. The molecule has 1 N–H and O–H groups in total. The molecular formula is C15H19BrN2O2. The number of nitrogens with zero attached hydrogens (tertiary/aromatic N) is 2. The summed E-state index contributed by atoms with van der Waals surface area (Å²) >= 11 is 3.53. The Morgan fingerprint density at radius 2 is 2.20 bits per heavy atom. The van der Waals surface area contributed by atoms with Crippen LogP contribution >= 0.6 is 15.9 Å². The minimum absolute atomic E-state index is 0.306. The number of halogens is 1. The number of anilines is 1. The summed E-state index contributed by atoms with van der Waals surface area (Å²) in [5.74, 6) is 0.306. The van der Waals surface area contributed by atoms with Gasteiger partial charge >= 0.3 is 0 Å². The van der Waals surface area contributed by atoms with Crippen LogP contribution in [0.1, 0.15) is 31.4 Å². The van der Waals surface area contributed by atoms with E-state index < -0.39 is 6.10 Å². The molecule has 4 nitrogen and oxygen atoms in total. The van der Waals surface area contributed by atoms with Gasteiger partial charge in [-0.15, -0.1) is 0 Å². The third-order valence-electron chi connectivity index (χ3n) is 4.29. The molecule has 1 aromatic rings. The van der Waals surface area contributed by atoms with Crippen molar-refractivity contribution < 1.29 is 9.90 Å². The maximum absolute atomic E-state index is 11.7. The molecule has 1 amide bonds. The van der Waals surface area contributed by atoms with Gasteiger partial charge in [-0.1, -0.05) is 22.0 Å². The van der Waals surface area contributed by atoms with Crippen molar-refractivity contribution in [3.05, 3.63) is 28.2 Å². The smallest absolute Gasteiger partial charge is 0.223 e. The number of rotatable bonds is 2. The minimum Gasteiger partial charge on any atom is -0.389 e. The second kappa shape index (κ2) is 5.37. The summed E-state index contributed by atoms with van der Waals surface area (Å²) in [7, 11) is 0. The molecule has 0 aromatic heterocycles. The number of aliphatic hydroxyl groups is 1. The summed E-state index contributed by atoms with van der Waals surface area (Å²) in [6, 6.07) is 6.45. The molecule has 2 fully saturated rings. The topological polar surface area (TPSA) is 43.8 Å². The van der Waals surface area contributed by atoms with E-state index >= 15 is 0 Å². The highest BCUT2D eigenvalue weighted by atomic mass is 79.9. The van der Waals surface area contributed by atoms with E-state index in [9.17, 15) is 9.90 Å². The molecule has 2 saturated heterocycles. The summed E-state index contributed by atoms with van der Waals surface area (Å²) in [4.78, 5) is 16.1. The van der Waals surface area contributed by atoms with Gasteiger partial charge in [0.15, 0.2) is 0 Å². The quantitative estimate of drug-likeness (QED) is 0.899. The van der Waals surface area contributed by atoms with Gasteiger partial charge in [-0.25, -0.2) is 0 Å². The van der Waals surface area contributed by atoms with Crippen LogP contribution < -0.4 is 4.90 Å². The van der Waals surface area contributed by atoms with Gasteiger partial charge in [-0.3, -0.25) is 4.79 Å². The second-order valence-corrected chi connectivity index (χ2v) is 6.46. The van der Waals surface area contributed by atoms with Crippen LogP contribution in [0.25, 0.3) is 0 Å². The summed E-state index contributed by atoms with van der Waals surface area (Å²) in [5, 5.41) is 9.67. The van der Waals surface area contributed by atoms with Gasteiger partial charge in [0.25, 0.3) is 0 Å². The lowest BCUT2D eigenvalue weighted by molar-refractivity contribution is -0.129. The predicted molar refractivity (Wildman–Crippen MR) is 81.7 cm³/mol. The highest BCUT2D eigenvalue weighted by Gasteiger charge is 2.35. The fourth-order valence-corrected chi connectivity index (χ4v) is 3.85. The zero-order valence-electron chi connectivity index (χ0n) is 11.6. The zero-order chi connectivity index (χ0) is 14.3. The van der Waals surface area contributed by atoms with Gasteiger partial charge in [0.1, 0.15) is 0 Å². The van der Waals surface area contributed by atoms with Crippen LogP contribution in [0.2, 0.25) is 0 Å². The first-order valence-corrected chi connectivity index (χ1v) is 7.87. The van der Waals surface area contributed by atoms with Crippen LogP contribution in [0, 0.1) is 0 Å². The number of hydrogen-bond donors (Lipinski definition) is 1. The first-order chi connectivity index (χ1) is 9.56. The minimum atomic E-state index is -0.470. The average Bonchev–Trinajstić information content (AvgIpc) is 2.79. The Kier molecular flexibility index (Phi) is 3.73. The first kappa shape index (κ1) is 13.9. The number of carbonyl (C=O) groups excluding carboxylic acids is 1. The fraction of sp³-hybridized carbons (Fsp3) is 0.533. The lowest BCUT2D eigenvalue weighted by atomic mass is 10.1. The molecular weight excluding hydrogens is 320 g/mol. The normalized spacial score (nSPS) is 23.9. The van der Waals surface area contributed by atoms with E-state index in [2.05, 4.69) is 33.0 Å². The van der Waals surface area contributed by atoms with Crippen LogP contribution in [0.15, 0.2) is 22.7 Å². The van der Waals surface area contributed by atoms with Crippen LogP contribution in [0.3, 0.4) is 0 Å². The summed E-state index contributed by atoms with van der Waals surface area (Å²) in [5.41, 5.74) is 2.06. The van der Waals surface area contributed by atoms with E-state index in [1.165, 1.54) is 0 Å². The van der Waals surface area contributed by atoms with Crippen molar-refractivity contribution in [1.29, 1.82) is 0 Å². The Bertz CT molecular complexity index is 533. The van der Waals surface area contributed by atoms with Gasteiger partial charge in [0.05, 0.1) is 6.10 Å². The van der Waals surface area contributed by atoms with Crippen molar-refractivity contribution in [2.75, 3.05) is 24.5 Å². The Morgan fingerprint density at radius 3 is 2.90 bits per heavy atom. The Hall–Kier alpha value is -1.07. The number of benzene rings is 1. The van der Waals surface area contributed by atoms with Crippen molar-refractivity contribution >= 4 is 27.5 Å². The lowest BCUT2D eigenvalue weighted by Gasteiger charge is -2.39. The summed E-state index contributed by atoms with van der Waals surface area (Å²) < 4.78 is 0.940. The number of fused-ring (bicyclic) bond motifs is 1. The molecule has 1 unspecified atom stereocenters. The highest BCUT2D eigenvalue weighted by molar-refractivity contribution is 9.10. The van der Waals surface area contributed by atoms with Crippen LogP contribution in [0.5, 0.6) is 0 Å². The van der Waals surface area contributed by atoms with E-state index in [0.29, 0.717) is 18.4 Å². The van der Waals surface area contributed by atoms with Crippen molar-refractivity contribution in [2.24, 2.45) is 0 Å². The van der Waals surface area contributed by atoms with Gasteiger partial charge < -0.3 is 14.9 Å². The Balaban J connectivity index is 1.77. The molecule has 108 valence electrons. The van der Waals surface area contributed by atoms with Gasteiger partial charge in [-0.2, -0.15) is 0 Å². The largest absolute Gasteiger partial charge is 0.389 e. The first-order valence-electron chi connectivity index (χ1n) is 7.08. The predicted octanol–water partition coefficient (Wildman–Crippen LogP) is 2.31. The number of piperazine rings is 1. The molecule has 5 heteroatoms. The van der Waals surface area contributed by atoms with E-state index in [1.807, 2.05) is 11.0 Å². The van der Waals surface area contributed by atoms with E-state index in [1.54, 1.807) is 6.92 Å². The van der Waals surface area contributed by atoms with Crippen molar-refractivity contribution in [3.63, 3.8) is 0 Å². The molecule has 2 aliphatic heterocycles. The fourth-order valence-electron chi connectivity index (χ4n) is 3.15. The third kappa shape index (κ3) is 2.44. The number of aliphatic hydroxyl groups excluding tert-OH is 1. The Morgan fingerprint density at radius 1 is 1.40 bits per heavy atom. The van der Waals surface area contributed by atoms with Gasteiger partial charge in [0, 0.05) is 42.3 Å². The van der Waals surface area contributed by atoms with Crippen molar-refractivity contribution in [3.8, 4) is 0 Å². The molecule has 0 aliphatic carbocycles. The van der Waals surface area contributed by atoms with Crippen LogP contribution in [-0.4, -0.2) is 41.6 Å². The molecule has 0 spiro atoms. The maximum Gasteiger partial charge on any atom is 0.223 e. The summed E-state index contributed by atoms with van der Waals surface area (Å²) in [6.45, 7) is 4.37. The van der Waals surface area contributed by atoms with Crippen LogP contribution in [0.4, 0.5) is 5.69 Å². The molecule has 1 aromatic carbocycles. The number of hydrogen-bond acceptors (Lipinski definition) is 3. The second-order valence-electron chi connectivity index (χ2n) is 5.61. The average molecular weight is 339 g/mol. The van der Waals surface area contributed by atoms with Gasteiger partial charge in [0.2, 0.25) is 5.91 Å². The number of carbonyl (C=O) groups is 1. The zero-order valence-corrected chi connectivity index (χ0v) is 13.1. The van der Waals surface area contributed by atoms with Crippen molar-refractivity contribution in [2.45, 2.75) is 31.9 Å². The third-order valence-corrected chi connectivity index (χ3v) is 4.98. The highest BCUT2D eigenvalue weighted by Crippen LogP contribution is 2.31. The van der Waals surface area contributed by atoms with E-state index in [4.69, 9.17) is 0 Å². The van der Waals surface area contributed by atoms with E-state index in [-0.39, 0.29) is 0 Å². The molecule has 0 saturated carbocycles. The molecule has 20 heavy (non-hydrogen) atoms. The SMILES string of the molecule is C[C@H](O)c1ccc(N2CCN3C(=O)CCC3C2)cc1Br. The molecule has 3 rings (SSSR count). The molecule has 2 aliphatic rings. The molecule has 0 radical (unpaired) electrons. The Labute approximate surface area is 127 Å². The molecule has 2 heterocycles. The van der Waals surface area contributed by atoms with E-state index in [0.717, 1.165) is 41.8 Å². The van der Waals surface area contributed by atoms with Gasteiger partial charge in [-0.05, 0) is 31.0 Å². The lowest BCUT2D eigenvalue weighted by Crippen LogP contribution is -2.51. The summed E-state index contributed by atoms with van der Waals surface area (Å²) in [6.07, 6.45) is 1.20. The monoisotopic (exact) mass is 338 g/mol. The molecule has 2 atom stereocenters. The van der Waals surface area contributed by atoms with Crippen LogP contribution in [-0.2, 0) is 4.79 Å². The molecule has 0 bridgehead atoms. The van der Waals surface area contributed by atoms with Crippen molar-refractivity contribution in [1.82, 2.24) is 4.90 Å².